The van der Waals surface area contributed by atoms with Gasteiger partial charge in [0.25, 0.3) is 5.91 Å². The molecule has 0 fully saturated rings. The molecule has 2 aromatic carbocycles. The summed E-state index contributed by atoms with van der Waals surface area (Å²) in [5, 5.41) is 0. The third-order valence-electron chi connectivity index (χ3n) is 4.82. The van der Waals surface area contributed by atoms with Gasteiger partial charge in [-0.3, -0.25) is 4.79 Å². The molecule has 0 unspecified atom stereocenters. The molecule has 1 amide bonds. The van der Waals surface area contributed by atoms with E-state index in [0.29, 0.717) is 18.8 Å². The van der Waals surface area contributed by atoms with Gasteiger partial charge in [0.05, 0.1) is 12.8 Å². The molecule has 1 heterocycles. The van der Waals surface area contributed by atoms with Gasteiger partial charge in [-0.2, -0.15) is 0 Å². The highest BCUT2D eigenvalue weighted by Gasteiger charge is 2.18. The van der Waals surface area contributed by atoms with Gasteiger partial charge >= 0.3 is 0 Å². The molecule has 1 aromatic heterocycles. The van der Waals surface area contributed by atoms with Gasteiger partial charge in [0.2, 0.25) is 0 Å². The zero-order valence-corrected chi connectivity index (χ0v) is 17.6. The minimum absolute atomic E-state index is 0.00969. The van der Waals surface area contributed by atoms with Crippen molar-refractivity contribution in [2.75, 3.05) is 6.61 Å². The molecule has 0 aliphatic carbocycles. The Morgan fingerprint density at radius 3 is 2.38 bits per heavy atom. The summed E-state index contributed by atoms with van der Waals surface area (Å²) in [6.45, 7) is 9.47. The maximum Gasteiger partial charge on any atom is 0.261 e. The van der Waals surface area contributed by atoms with Gasteiger partial charge in [0, 0.05) is 6.54 Å². The molecule has 3 rings (SSSR count). The second-order valence-electron chi connectivity index (χ2n) is 8.38. The molecule has 3 aromatic rings. The zero-order valence-electron chi connectivity index (χ0n) is 17.6. The fraction of sp³-hybridized carbons (Fsp3) is 0.320. The highest BCUT2D eigenvalue weighted by molar-refractivity contribution is 5.77. The number of amides is 1. The smallest absolute Gasteiger partial charge is 0.261 e. The Kier molecular flexibility index (Phi) is 6.42. The average molecular weight is 392 g/mol. The first-order valence-electron chi connectivity index (χ1n) is 9.90. The van der Waals surface area contributed by atoms with Crippen LogP contribution in [0.25, 0.3) is 0 Å². The third kappa shape index (κ3) is 5.98. The molecular weight excluding hydrogens is 362 g/mol. The Morgan fingerprint density at radius 1 is 1.00 bits per heavy atom. The van der Waals surface area contributed by atoms with E-state index >= 15 is 0 Å². The van der Waals surface area contributed by atoms with Gasteiger partial charge in [0.1, 0.15) is 11.5 Å². The monoisotopic (exact) mass is 391 g/mol. The first kappa shape index (κ1) is 20.7. The molecule has 0 radical (unpaired) electrons. The van der Waals surface area contributed by atoms with Crippen molar-refractivity contribution < 1.29 is 13.9 Å². The number of ether oxygens (including phenoxy) is 1. The second kappa shape index (κ2) is 8.99. The summed E-state index contributed by atoms with van der Waals surface area (Å²) >= 11 is 0. The number of hydrogen-bond acceptors (Lipinski definition) is 3. The fourth-order valence-corrected chi connectivity index (χ4v) is 3.09. The zero-order chi connectivity index (χ0) is 20.9. The van der Waals surface area contributed by atoms with Crippen LogP contribution in [0, 0.1) is 6.92 Å². The molecule has 0 saturated heterocycles. The van der Waals surface area contributed by atoms with Crippen molar-refractivity contribution in [3.8, 4) is 5.75 Å². The van der Waals surface area contributed by atoms with Crippen LogP contribution in [-0.4, -0.2) is 17.4 Å². The van der Waals surface area contributed by atoms with Crippen LogP contribution in [-0.2, 0) is 23.3 Å². The predicted octanol–water partition coefficient (Wildman–Crippen LogP) is 5.49. The van der Waals surface area contributed by atoms with Crippen molar-refractivity contribution in [1.82, 2.24) is 4.90 Å². The first-order chi connectivity index (χ1) is 13.8. The Morgan fingerprint density at radius 2 is 1.76 bits per heavy atom. The van der Waals surface area contributed by atoms with E-state index in [4.69, 9.17) is 9.15 Å². The number of benzene rings is 2. The maximum atomic E-state index is 12.9. The van der Waals surface area contributed by atoms with E-state index in [9.17, 15) is 4.79 Å². The first-order valence-corrected chi connectivity index (χ1v) is 9.90. The van der Waals surface area contributed by atoms with Crippen molar-refractivity contribution in [3.63, 3.8) is 0 Å². The van der Waals surface area contributed by atoms with Crippen molar-refractivity contribution in [1.29, 1.82) is 0 Å². The van der Waals surface area contributed by atoms with Crippen LogP contribution >= 0.6 is 0 Å². The van der Waals surface area contributed by atoms with Gasteiger partial charge < -0.3 is 14.1 Å². The van der Waals surface area contributed by atoms with E-state index in [1.807, 2.05) is 43.3 Å². The van der Waals surface area contributed by atoms with Crippen LogP contribution in [0.1, 0.15) is 43.2 Å². The SMILES string of the molecule is Cc1cccc(OCC(=O)N(Cc2ccc(C(C)(C)C)cc2)Cc2ccco2)c1. The second-order valence-corrected chi connectivity index (χ2v) is 8.38. The summed E-state index contributed by atoms with van der Waals surface area (Å²) in [7, 11) is 0. The summed E-state index contributed by atoms with van der Waals surface area (Å²) in [5.74, 6) is 1.37. The number of hydrogen-bond donors (Lipinski definition) is 0. The summed E-state index contributed by atoms with van der Waals surface area (Å²) in [6.07, 6.45) is 1.62. The predicted molar refractivity (Wildman–Crippen MR) is 115 cm³/mol. The fourth-order valence-electron chi connectivity index (χ4n) is 3.09. The molecule has 152 valence electrons. The molecule has 29 heavy (non-hydrogen) atoms. The Balaban J connectivity index is 1.70. The molecule has 0 atom stereocenters. The lowest BCUT2D eigenvalue weighted by Gasteiger charge is -2.23. The average Bonchev–Trinajstić information content (AvgIpc) is 3.18. The number of carbonyl (C=O) groups is 1. The summed E-state index contributed by atoms with van der Waals surface area (Å²) in [5.41, 5.74) is 3.55. The molecule has 0 aliphatic rings. The van der Waals surface area contributed by atoms with Gasteiger partial charge in [-0.15, -0.1) is 0 Å². The van der Waals surface area contributed by atoms with Gasteiger partial charge in [0.15, 0.2) is 6.61 Å². The van der Waals surface area contributed by atoms with Crippen LogP contribution in [0.3, 0.4) is 0 Å². The largest absolute Gasteiger partial charge is 0.484 e. The summed E-state index contributed by atoms with van der Waals surface area (Å²) < 4.78 is 11.2. The standard InChI is InChI=1S/C25H29NO3/c1-19-7-5-8-22(15-19)29-18-24(27)26(17-23-9-6-14-28-23)16-20-10-12-21(13-11-20)25(2,3)4/h5-15H,16-18H2,1-4H3. The van der Waals surface area contributed by atoms with Crippen molar-refractivity contribution in [3.05, 3.63) is 89.4 Å². The number of rotatable bonds is 7. The summed E-state index contributed by atoms with van der Waals surface area (Å²) in [4.78, 5) is 14.7. The highest BCUT2D eigenvalue weighted by Crippen LogP contribution is 2.23. The number of nitrogens with zero attached hydrogens (tertiary/aromatic N) is 1. The molecule has 4 heteroatoms. The quantitative estimate of drug-likeness (QED) is 0.535. The topological polar surface area (TPSA) is 42.7 Å². The molecule has 0 spiro atoms. The Labute approximate surface area is 173 Å². The highest BCUT2D eigenvalue weighted by atomic mass is 16.5. The molecule has 0 bridgehead atoms. The van der Waals surface area contributed by atoms with Gasteiger partial charge in [-0.25, -0.2) is 0 Å². The molecule has 0 saturated carbocycles. The van der Waals surface area contributed by atoms with Gasteiger partial charge in [-0.05, 0) is 53.3 Å². The van der Waals surface area contributed by atoms with Crippen molar-refractivity contribution in [2.45, 2.75) is 46.2 Å². The molecular formula is C25H29NO3. The van der Waals surface area contributed by atoms with E-state index in [0.717, 1.165) is 16.9 Å². The van der Waals surface area contributed by atoms with Crippen LogP contribution in [0.15, 0.2) is 71.3 Å². The Bertz CT molecular complexity index is 921. The van der Waals surface area contributed by atoms with E-state index in [2.05, 4.69) is 45.0 Å². The third-order valence-corrected chi connectivity index (χ3v) is 4.82. The van der Waals surface area contributed by atoms with E-state index in [1.165, 1.54) is 5.56 Å². The van der Waals surface area contributed by atoms with E-state index < -0.39 is 0 Å². The lowest BCUT2D eigenvalue weighted by atomic mass is 9.87. The molecule has 0 N–H and O–H groups in total. The maximum absolute atomic E-state index is 12.9. The number of furan rings is 1. The molecule has 0 aliphatic heterocycles. The molecule has 4 nitrogen and oxygen atoms in total. The van der Waals surface area contributed by atoms with Crippen molar-refractivity contribution >= 4 is 5.91 Å². The number of aryl methyl sites for hydroxylation is 1. The normalized spacial score (nSPS) is 11.3. The van der Waals surface area contributed by atoms with E-state index in [1.54, 1.807) is 11.2 Å². The van der Waals surface area contributed by atoms with E-state index in [-0.39, 0.29) is 17.9 Å². The van der Waals surface area contributed by atoms with Crippen LogP contribution in [0.4, 0.5) is 0 Å². The minimum Gasteiger partial charge on any atom is -0.484 e. The van der Waals surface area contributed by atoms with Crippen LogP contribution in [0.2, 0.25) is 0 Å². The van der Waals surface area contributed by atoms with Crippen LogP contribution < -0.4 is 4.74 Å². The summed E-state index contributed by atoms with van der Waals surface area (Å²) in [6, 6.07) is 19.9. The lowest BCUT2D eigenvalue weighted by Crippen LogP contribution is -2.34. The van der Waals surface area contributed by atoms with Crippen LogP contribution in [0.5, 0.6) is 5.75 Å². The van der Waals surface area contributed by atoms with Crippen molar-refractivity contribution in [2.24, 2.45) is 0 Å². The van der Waals surface area contributed by atoms with Gasteiger partial charge in [-0.1, -0.05) is 57.2 Å². The number of carbonyl (C=O) groups excluding carboxylic acids is 1. The Hall–Kier alpha value is -3.01. The minimum atomic E-state index is -0.0807. The lowest BCUT2D eigenvalue weighted by molar-refractivity contribution is -0.134.